The maximum atomic E-state index is 12.9. The van der Waals surface area contributed by atoms with E-state index in [0.717, 1.165) is 7.11 Å². The van der Waals surface area contributed by atoms with E-state index in [2.05, 4.69) is 4.74 Å². The van der Waals surface area contributed by atoms with Gasteiger partial charge in [0, 0.05) is 23.1 Å². The lowest BCUT2D eigenvalue weighted by molar-refractivity contribution is -0.139. The van der Waals surface area contributed by atoms with Crippen molar-refractivity contribution in [2.24, 2.45) is 0 Å². The summed E-state index contributed by atoms with van der Waals surface area (Å²) in [7, 11) is 1.16. The van der Waals surface area contributed by atoms with Crippen LogP contribution in [0, 0.1) is 0 Å². The number of Topliss-reactive ketones (excluding diaryl/α,β-unsaturated/α-hetero) is 2. The monoisotopic (exact) mass is 394 g/mol. The van der Waals surface area contributed by atoms with Crippen molar-refractivity contribution in [2.45, 2.75) is 26.2 Å². The summed E-state index contributed by atoms with van der Waals surface area (Å²) < 4.78 is 4.63. The molecule has 3 rings (SSSR count). The van der Waals surface area contributed by atoms with E-state index in [1.807, 2.05) is 0 Å². The van der Waals surface area contributed by atoms with Crippen LogP contribution in [0.15, 0.2) is 30.3 Å². The smallest absolute Gasteiger partial charge is 0.310 e. The van der Waals surface area contributed by atoms with E-state index in [1.165, 1.54) is 18.2 Å². The fourth-order valence-electron chi connectivity index (χ4n) is 3.36. The predicted octanol–water partition coefficient (Wildman–Crippen LogP) is 2.44. The van der Waals surface area contributed by atoms with Crippen molar-refractivity contribution in [1.29, 1.82) is 0 Å². The largest absolute Gasteiger partial charge is 0.506 e. The molecule has 0 saturated carbocycles. The molecule has 0 fully saturated rings. The minimum absolute atomic E-state index is 0.0301. The summed E-state index contributed by atoms with van der Waals surface area (Å²) in [6.07, 6.45) is -0.772. The van der Waals surface area contributed by atoms with Crippen LogP contribution >= 0.6 is 0 Å². The van der Waals surface area contributed by atoms with E-state index in [0.29, 0.717) is 0 Å². The highest BCUT2D eigenvalue weighted by atomic mass is 16.5. The number of phenols is 1. The van der Waals surface area contributed by atoms with E-state index < -0.39 is 41.9 Å². The van der Waals surface area contributed by atoms with Gasteiger partial charge in [-0.25, -0.2) is 0 Å². The molecule has 7 heteroatoms. The SMILES string of the molecule is CCC(=O)CC(=O)c1c(CC(=O)OC)cc2c(c1O)C(=O)c1ccccc1C2=O. The number of hydrogen-bond donors (Lipinski definition) is 1. The summed E-state index contributed by atoms with van der Waals surface area (Å²) >= 11 is 0. The van der Waals surface area contributed by atoms with E-state index in [-0.39, 0.29) is 45.6 Å². The molecule has 1 aliphatic carbocycles. The average molecular weight is 394 g/mol. The third-order valence-corrected chi connectivity index (χ3v) is 4.86. The highest BCUT2D eigenvalue weighted by Crippen LogP contribution is 2.37. The van der Waals surface area contributed by atoms with Gasteiger partial charge in [0.2, 0.25) is 0 Å². The molecule has 0 radical (unpaired) electrons. The Kier molecular flexibility index (Phi) is 5.41. The lowest BCUT2D eigenvalue weighted by Gasteiger charge is -2.21. The van der Waals surface area contributed by atoms with Gasteiger partial charge >= 0.3 is 5.97 Å². The first kappa shape index (κ1) is 20.1. The molecule has 0 bridgehead atoms. The number of aromatic hydroxyl groups is 1. The van der Waals surface area contributed by atoms with Crippen molar-refractivity contribution in [3.63, 3.8) is 0 Å². The van der Waals surface area contributed by atoms with Crippen LogP contribution in [0.1, 0.15) is 67.5 Å². The second kappa shape index (κ2) is 7.79. The van der Waals surface area contributed by atoms with Gasteiger partial charge in [-0.15, -0.1) is 0 Å². The Bertz CT molecular complexity index is 1080. The van der Waals surface area contributed by atoms with Crippen molar-refractivity contribution < 1.29 is 33.8 Å². The number of ether oxygens (including phenoxy) is 1. The zero-order valence-electron chi connectivity index (χ0n) is 15.9. The molecule has 1 aliphatic rings. The Morgan fingerprint density at radius 2 is 1.62 bits per heavy atom. The van der Waals surface area contributed by atoms with Gasteiger partial charge in [-0.1, -0.05) is 31.2 Å². The Morgan fingerprint density at radius 1 is 1.00 bits per heavy atom. The van der Waals surface area contributed by atoms with Crippen molar-refractivity contribution in [2.75, 3.05) is 7.11 Å². The summed E-state index contributed by atoms with van der Waals surface area (Å²) in [5, 5.41) is 10.8. The van der Waals surface area contributed by atoms with Crippen LogP contribution in [0.25, 0.3) is 0 Å². The summed E-state index contributed by atoms with van der Waals surface area (Å²) in [6.45, 7) is 1.59. The lowest BCUT2D eigenvalue weighted by Crippen LogP contribution is -2.24. The fourth-order valence-corrected chi connectivity index (χ4v) is 3.36. The predicted molar refractivity (Wildman–Crippen MR) is 101 cm³/mol. The van der Waals surface area contributed by atoms with E-state index in [1.54, 1.807) is 19.1 Å². The zero-order valence-corrected chi connectivity index (χ0v) is 15.9. The quantitative estimate of drug-likeness (QED) is 0.388. The Hall–Kier alpha value is -3.61. The van der Waals surface area contributed by atoms with Gasteiger partial charge in [-0.3, -0.25) is 24.0 Å². The van der Waals surface area contributed by atoms with Crippen LogP contribution < -0.4 is 0 Å². The van der Waals surface area contributed by atoms with Gasteiger partial charge in [0.25, 0.3) is 0 Å². The van der Waals surface area contributed by atoms with Gasteiger partial charge in [-0.2, -0.15) is 0 Å². The number of esters is 1. The molecule has 29 heavy (non-hydrogen) atoms. The van der Waals surface area contributed by atoms with Crippen LogP contribution in [0.4, 0.5) is 0 Å². The molecule has 0 aliphatic heterocycles. The lowest BCUT2D eigenvalue weighted by atomic mass is 9.80. The number of benzene rings is 2. The first-order chi connectivity index (χ1) is 13.8. The number of phenolic OH excluding ortho intramolecular Hbond substituents is 1. The molecule has 1 N–H and O–H groups in total. The van der Waals surface area contributed by atoms with Crippen LogP contribution in [-0.4, -0.2) is 41.3 Å². The van der Waals surface area contributed by atoms with Gasteiger partial charge in [-0.05, 0) is 11.6 Å². The second-order valence-electron chi connectivity index (χ2n) is 6.63. The fraction of sp³-hybridized carbons (Fsp3) is 0.227. The van der Waals surface area contributed by atoms with Crippen LogP contribution in [0.5, 0.6) is 5.75 Å². The number of hydrogen-bond acceptors (Lipinski definition) is 7. The molecule has 0 aromatic heterocycles. The molecule has 0 heterocycles. The minimum atomic E-state index is -0.727. The number of carbonyl (C=O) groups is 5. The molecule has 0 atom stereocenters. The topological polar surface area (TPSA) is 115 Å². The molecule has 2 aromatic rings. The maximum absolute atomic E-state index is 12.9. The standard InChI is InChI=1S/C22H18O7/c1-3-12(23)10-16(24)18-11(9-17(25)29-2)8-15-19(22(18)28)21(27)14-7-5-4-6-13(14)20(15)26/h4-8,28H,3,9-10H2,1-2H3. The van der Waals surface area contributed by atoms with Gasteiger partial charge in [0.05, 0.1) is 31.1 Å². The number of rotatable bonds is 6. The highest BCUT2D eigenvalue weighted by molar-refractivity contribution is 6.30. The summed E-state index contributed by atoms with van der Waals surface area (Å²) in [6, 6.07) is 7.41. The first-order valence-electron chi connectivity index (χ1n) is 8.99. The molecule has 7 nitrogen and oxygen atoms in total. The summed E-state index contributed by atoms with van der Waals surface area (Å²) in [5.74, 6) is -3.58. The number of fused-ring (bicyclic) bond motifs is 2. The van der Waals surface area contributed by atoms with Gasteiger partial charge < -0.3 is 9.84 Å². The van der Waals surface area contributed by atoms with Gasteiger partial charge in [0.15, 0.2) is 17.3 Å². The highest BCUT2D eigenvalue weighted by Gasteiger charge is 2.35. The van der Waals surface area contributed by atoms with Crippen LogP contribution in [-0.2, 0) is 20.7 Å². The number of ketones is 4. The molecule has 0 amide bonds. The molecule has 0 spiro atoms. The van der Waals surface area contributed by atoms with E-state index >= 15 is 0 Å². The first-order valence-corrected chi connectivity index (χ1v) is 8.99. The van der Waals surface area contributed by atoms with Crippen molar-refractivity contribution >= 4 is 29.1 Å². The van der Waals surface area contributed by atoms with E-state index in [9.17, 15) is 29.1 Å². The van der Waals surface area contributed by atoms with Crippen LogP contribution in [0.3, 0.4) is 0 Å². The molecular weight excluding hydrogens is 376 g/mol. The van der Waals surface area contributed by atoms with Crippen molar-refractivity contribution in [1.82, 2.24) is 0 Å². The molecule has 2 aromatic carbocycles. The zero-order chi connectivity index (χ0) is 21.3. The van der Waals surface area contributed by atoms with Crippen LogP contribution in [0.2, 0.25) is 0 Å². The molecular formula is C22H18O7. The molecule has 148 valence electrons. The summed E-state index contributed by atoms with van der Waals surface area (Å²) in [4.78, 5) is 62.1. The Labute approximate surface area is 166 Å². The Morgan fingerprint density at radius 3 is 2.21 bits per heavy atom. The number of carbonyl (C=O) groups excluding carboxylic acids is 5. The molecule has 0 saturated heterocycles. The van der Waals surface area contributed by atoms with Crippen molar-refractivity contribution in [3.05, 3.63) is 63.7 Å². The Balaban J connectivity index is 2.25. The normalized spacial score (nSPS) is 12.2. The third kappa shape index (κ3) is 3.47. The van der Waals surface area contributed by atoms with Crippen molar-refractivity contribution in [3.8, 4) is 5.75 Å². The number of methoxy groups -OCH3 is 1. The van der Waals surface area contributed by atoms with E-state index in [4.69, 9.17) is 0 Å². The van der Waals surface area contributed by atoms with Gasteiger partial charge in [0.1, 0.15) is 11.5 Å². The third-order valence-electron chi connectivity index (χ3n) is 4.86. The average Bonchev–Trinajstić information content (AvgIpc) is 2.71. The second-order valence-corrected chi connectivity index (χ2v) is 6.63. The maximum Gasteiger partial charge on any atom is 0.310 e. The minimum Gasteiger partial charge on any atom is -0.506 e. The molecule has 0 unspecified atom stereocenters. The summed E-state index contributed by atoms with van der Waals surface area (Å²) in [5.41, 5.74) is -0.380.